The van der Waals surface area contributed by atoms with Crippen molar-refractivity contribution >= 4 is 21.7 Å². The number of nitrogens with one attached hydrogen (secondary N) is 1. The third-order valence-corrected chi connectivity index (χ3v) is 4.87. The summed E-state index contributed by atoms with van der Waals surface area (Å²) in [7, 11) is -3.92. The van der Waals surface area contributed by atoms with E-state index in [-0.39, 0.29) is 21.9 Å². The topological polar surface area (TPSA) is 102 Å². The van der Waals surface area contributed by atoms with Gasteiger partial charge in [0.15, 0.2) is 11.5 Å². The number of carboxylic acids is 1. The molecule has 0 radical (unpaired) electrons. The minimum Gasteiger partial charge on any atom is -0.486 e. The van der Waals surface area contributed by atoms with E-state index in [2.05, 4.69) is 4.72 Å². The second-order valence-electron chi connectivity index (χ2n) is 5.27. The molecule has 0 aromatic heterocycles. The van der Waals surface area contributed by atoms with E-state index in [0.717, 1.165) is 5.56 Å². The van der Waals surface area contributed by atoms with Crippen molar-refractivity contribution in [2.75, 3.05) is 17.9 Å². The Morgan fingerprint density at radius 2 is 1.67 bits per heavy atom. The largest absolute Gasteiger partial charge is 0.486 e. The molecule has 2 aromatic carbocycles. The Labute approximate surface area is 138 Å². The van der Waals surface area contributed by atoms with E-state index >= 15 is 0 Å². The van der Waals surface area contributed by atoms with Gasteiger partial charge >= 0.3 is 5.97 Å². The molecule has 2 N–H and O–H groups in total. The Morgan fingerprint density at radius 3 is 2.25 bits per heavy atom. The fourth-order valence-electron chi connectivity index (χ4n) is 2.27. The summed E-state index contributed by atoms with van der Waals surface area (Å²) in [6, 6.07) is 8.81. The molecule has 0 amide bonds. The highest BCUT2D eigenvalue weighted by molar-refractivity contribution is 7.92. The molecule has 0 spiro atoms. The van der Waals surface area contributed by atoms with E-state index < -0.39 is 16.0 Å². The Hall–Kier alpha value is -2.74. The fourth-order valence-corrected chi connectivity index (χ4v) is 3.34. The number of hydrogen-bond donors (Lipinski definition) is 2. The maximum atomic E-state index is 12.5. The molecular weight excluding hydrogens is 334 g/mol. The molecule has 0 aliphatic carbocycles. The van der Waals surface area contributed by atoms with Crippen molar-refractivity contribution in [3.63, 3.8) is 0 Å². The average Bonchev–Trinajstić information content (AvgIpc) is 2.54. The van der Waals surface area contributed by atoms with Crippen LogP contribution in [0.4, 0.5) is 5.69 Å². The molecule has 0 saturated carbocycles. The minimum absolute atomic E-state index is 0.0410. The number of ether oxygens (including phenoxy) is 2. The van der Waals surface area contributed by atoms with Gasteiger partial charge < -0.3 is 14.6 Å². The Balaban J connectivity index is 2.02. The summed E-state index contributed by atoms with van der Waals surface area (Å²) in [6.45, 7) is 2.46. The molecule has 24 heavy (non-hydrogen) atoms. The maximum absolute atomic E-state index is 12.5. The summed E-state index contributed by atoms with van der Waals surface area (Å²) < 4.78 is 38.0. The van der Waals surface area contributed by atoms with Gasteiger partial charge in [-0.1, -0.05) is 17.7 Å². The first-order valence-corrected chi connectivity index (χ1v) is 8.61. The highest BCUT2D eigenvalue weighted by atomic mass is 32.2. The predicted molar refractivity (Wildman–Crippen MR) is 86.4 cm³/mol. The van der Waals surface area contributed by atoms with Crippen molar-refractivity contribution in [3.05, 3.63) is 47.5 Å². The second-order valence-corrected chi connectivity index (χ2v) is 6.95. The van der Waals surface area contributed by atoms with Crippen molar-refractivity contribution < 1.29 is 27.8 Å². The van der Waals surface area contributed by atoms with Crippen molar-refractivity contribution in [2.45, 2.75) is 11.8 Å². The van der Waals surface area contributed by atoms with Crippen LogP contribution >= 0.6 is 0 Å². The summed E-state index contributed by atoms with van der Waals surface area (Å²) in [5.41, 5.74) is 0.627. The molecular formula is C16H15NO6S. The van der Waals surface area contributed by atoms with Crippen LogP contribution in [-0.4, -0.2) is 32.7 Å². The van der Waals surface area contributed by atoms with Gasteiger partial charge in [0.05, 0.1) is 16.1 Å². The van der Waals surface area contributed by atoms with E-state index in [9.17, 15) is 18.3 Å². The number of carboxylic acid groups (broad SMARTS) is 1. The molecule has 0 atom stereocenters. The summed E-state index contributed by atoms with van der Waals surface area (Å²) >= 11 is 0. The summed E-state index contributed by atoms with van der Waals surface area (Å²) in [6.07, 6.45) is 0. The molecule has 0 saturated heterocycles. The lowest BCUT2D eigenvalue weighted by Gasteiger charge is -2.20. The third-order valence-electron chi connectivity index (χ3n) is 3.49. The first kappa shape index (κ1) is 16.1. The molecule has 1 aliphatic heterocycles. The number of hydrogen-bond acceptors (Lipinski definition) is 5. The van der Waals surface area contributed by atoms with Crippen LogP contribution in [0.15, 0.2) is 41.3 Å². The van der Waals surface area contributed by atoms with E-state index in [1.54, 1.807) is 12.1 Å². The van der Waals surface area contributed by atoms with Gasteiger partial charge in [0.2, 0.25) is 0 Å². The number of aryl methyl sites for hydroxylation is 1. The normalized spacial score (nSPS) is 13.4. The smallest absolute Gasteiger partial charge is 0.337 e. The van der Waals surface area contributed by atoms with E-state index in [1.807, 2.05) is 6.92 Å². The lowest BCUT2D eigenvalue weighted by molar-refractivity contribution is 0.0697. The summed E-state index contributed by atoms with van der Waals surface area (Å²) in [4.78, 5) is 11.5. The third kappa shape index (κ3) is 3.13. The van der Waals surface area contributed by atoms with Crippen LogP contribution in [0.25, 0.3) is 0 Å². The van der Waals surface area contributed by atoms with Crippen LogP contribution in [0.1, 0.15) is 15.9 Å². The molecule has 0 fully saturated rings. The molecule has 0 bridgehead atoms. The number of anilines is 1. The molecule has 1 aliphatic rings. The Bertz CT molecular complexity index is 890. The number of benzene rings is 2. The SMILES string of the molecule is Cc1ccc(S(=O)(=O)Nc2cc3c(cc2C(=O)O)OCCO3)cc1. The molecule has 2 aromatic rings. The van der Waals surface area contributed by atoms with Gasteiger partial charge in [-0.2, -0.15) is 0 Å². The Morgan fingerprint density at radius 1 is 1.08 bits per heavy atom. The van der Waals surface area contributed by atoms with Gasteiger partial charge in [0.25, 0.3) is 10.0 Å². The molecule has 7 nitrogen and oxygen atoms in total. The van der Waals surface area contributed by atoms with Crippen molar-refractivity contribution in [1.29, 1.82) is 0 Å². The zero-order valence-corrected chi connectivity index (χ0v) is 13.6. The lowest BCUT2D eigenvalue weighted by Crippen LogP contribution is -2.19. The first-order chi connectivity index (χ1) is 11.4. The van der Waals surface area contributed by atoms with Crippen LogP contribution in [0, 0.1) is 6.92 Å². The van der Waals surface area contributed by atoms with Crippen LogP contribution in [0.3, 0.4) is 0 Å². The van der Waals surface area contributed by atoms with Gasteiger partial charge in [-0.05, 0) is 19.1 Å². The number of fused-ring (bicyclic) bond motifs is 1. The lowest BCUT2D eigenvalue weighted by atomic mass is 10.1. The number of aromatic carboxylic acids is 1. The highest BCUT2D eigenvalue weighted by Gasteiger charge is 2.23. The fraction of sp³-hybridized carbons (Fsp3) is 0.188. The van der Waals surface area contributed by atoms with Crippen LogP contribution in [0.5, 0.6) is 11.5 Å². The van der Waals surface area contributed by atoms with Crippen molar-refractivity contribution in [1.82, 2.24) is 0 Å². The summed E-state index contributed by atoms with van der Waals surface area (Å²) in [5, 5.41) is 9.34. The van der Waals surface area contributed by atoms with Gasteiger partial charge in [-0.3, -0.25) is 4.72 Å². The number of rotatable bonds is 4. The van der Waals surface area contributed by atoms with Crippen LogP contribution < -0.4 is 14.2 Å². The van der Waals surface area contributed by atoms with Gasteiger partial charge in [-0.25, -0.2) is 13.2 Å². The van der Waals surface area contributed by atoms with E-state index in [1.165, 1.54) is 24.3 Å². The summed E-state index contributed by atoms with van der Waals surface area (Å²) in [5.74, 6) is -0.696. The predicted octanol–water partition coefficient (Wildman–Crippen LogP) is 2.27. The van der Waals surface area contributed by atoms with Crippen molar-refractivity contribution in [3.8, 4) is 11.5 Å². The minimum atomic E-state index is -3.92. The highest BCUT2D eigenvalue weighted by Crippen LogP contribution is 2.36. The van der Waals surface area contributed by atoms with Gasteiger partial charge in [-0.15, -0.1) is 0 Å². The first-order valence-electron chi connectivity index (χ1n) is 7.13. The molecule has 3 rings (SSSR count). The maximum Gasteiger partial charge on any atom is 0.337 e. The van der Waals surface area contributed by atoms with Gasteiger partial charge in [0.1, 0.15) is 13.2 Å². The van der Waals surface area contributed by atoms with Crippen molar-refractivity contribution in [2.24, 2.45) is 0 Å². The molecule has 8 heteroatoms. The second kappa shape index (κ2) is 6.04. The van der Waals surface area contributed by atoms with Crippen LogP contribution in [0.2, 0.25) is 0 Å². The zero-order chi connectivity index (χ0) is 17.3. The molecule has 0 unspecified atom stereocenters. The van der Waals surface area contributed by atoms with Gasteiger partial charge in [0, 0.05) is 12.1 Å². The number of sulfonamides is 1. The Kier molecular flexibility index (Phi) is 4.06. The average molecular weight is 349 g/mol. The zero-order valence-electron chi connectivity index (χ0n) is 12.8. The monoisotopic (exact) mass is 349 g/mol. The molecule has 1 heterocycles. The standard InChI is InChI=1S/C16H15NO6S/c1-10-2-4-11(5-3-10)24(20,21)17-13-9-15-14(22-6-7-23-15)8-12(13)16(18)19/h2-5,8-9,17H,6-7H2,1H3,(H,18,19). The molecule has 126 valence electrons. The van der Waals surface area contributed by atoms with Crippen LogP contribution in [-0.2, 0) is 10.0 Å². The quantitative estimate of drug-likeness (QED) is 0.878. The van der Waals surface area contributed by atoms with E-state index in [0.29, 0.717) is 19.0 Å². The number of carbonyl (C=O) groups is 1. The van der Waals surface area contributed by atoms with E-state index in [4.69, 9.17) is 9.47 Å².